The van der Waals surface area contributed by atoms with Crippen LogP contribution in [0.25, 0.3) is 21.4 Å². The minimum atomic E-state index is -0.654. The third-order valence-electron chi connectivity index (χ3n) is 11.8. The summed E-state index contributed by atoms with van der Waals surface area (Å²) in [7, 11) is 0. The molecule has 0 unspecified atom stereocenters. The van der Waals surface area contributed by atoms with E-state index in [1.165, 1.54) is 12.5 Å². The largest absolute Gasteiger partial charge is 0.441 e. The molecule has 302 valence electrons. The van der Waals surface area contributed by atoms with Crippen molar-refractivity contribution in [1.29, 1.82) is 5.26 Å². The van der Waals surface area contributed by atoms with Crippen LogP contribution in [0, 0.1) is 23.8 Å². The number of hydrogen-bond acceptors (Lipinski definition) is 8. The lowest BCUT2D eigenvalue weighted by Gasteiger charge is -2.26. The van der Waals surface area contributed by atoms with Gasteiger partial charge in [0.05, 0.1) is 29.6 Å². The number of aromatic amines is 1. The van der Waals surface area contributed by atoms with Gasteiger partial charge in [0.1, 0.15) is 28.4 Å². The van der Waals surface area contributed by atoms with Crippen molar-refractivity contribution in [3.8, 4) is 29.2 Å². The third-order valence-corrected chi connectivity index (χ3v) is 11.8. The highest BCUT2D eigenvalue weighted by atomic mass is 16.5. The van der Waals surface area contributed by atoms with Crippen molar-refractivity contribution in [1.82, 2.24) is 4.98 Å². The molecular weight excluding hydrogens is 765 g/mol. The molecule has 4 aromatic carbocycles. The second-order valence-corrected chi connectivity index (χ2v) is 15.7. The molecule has 1 N–H and O–H groups in total. The first kappa shape index (κ1) is 39.1. The minimum absolute atomic E-state index is 0.0461. The molecule has 10 heteroatoms. The molecular formula is C51H42N4O6. The van der Waals surface area contributed by atoms with Gasteiger partial charge in [-0.3, -0.25) is 0 Å². The molecule has 0 atom stereocenters. The van der Waals surface area contributed by atoms with E-state index in [-0.39, 0.29) is 29.1 Å². The number of benzene rings is 4. The van der Waals surface area contributed by atoms with Gasteiger partial charge < -0.3 is 23.6 Å². The molecule has 6 aromatic rings. The minimum Gasteiger partial charge on any atom is -0.441 e. The van der Waals surface area contributed by atoms with Gasteiger partial charge in [-0.1, -0.05) is 81.0 Å². The van der Waals surface area contributed by atoms with Gasteiger partial charge in [0.25, 0.3) is 0 Å². The first-order chi connectivity index (χ1) is 29.9. The average Bonchev–Trinajstić information content (AvgIpc) is 3.89. The van der Waals surface area contributed by atoms with Gasteiger partial charge in [0.15, 0.2) is 11.6 Å². The Bertz CT molecular complexity index is 2840. The number of H-pyrrole nitrogens is 1. The molecule has 2 aromatic heterocycles. The Kier molecular flexibility index (Phi) is 11.2. The Balaban J connectivity index is 1.27. The predicted octanol–water partition coefficient (Wildman–Crippen LogP) is 12.1. The number of allylic oxidation sites excluding steroid dienone is 1. The first-order valence-corrected chi connectivity index (χ1v) is 20.9. The molecule has 3 heterocycles. The number of esters is 1. The number of nitrogens with zero attached hydrogens (tertiary/aromatic N) is 3. The summed E-state index contributed by atoms with van der Waals surface area (Å²) in [6.45, 7) is 7.40. The predicted molar refractivity (Wildman–Crippen MR) is 233 cm³/mol. The van der Waals surface area contributed by atoms with E-state index in [0.29, 0.717) is 45.3 Å². The monoisotopic (exact) mass is 806 g/mol. The van der Waals surface area contributed by atoms with E-state index in [1.807, 2.05) is 18.2 Å². The van der Waals surface area contributed by atoms with Crippen LogP contribution in [0.3, 0.4) is 0 Å². The van der Waals surface area contributed by atoms with Gasteiger partial charge >= 0.3 is 11.6 Å². The molecule has 0 radical (unpaired) electrons. The van der Waals surface area contributed by atoms with E-state index < -0.39 is 11.6 Å². The molecule has 9 rings (SSSR count). The summed E-state index contributed by atoms with van der Waals surface area (Å²) in [5.74, 6) is 1.41. The van der Waals surface area contributed by atoms with E-state index in [9.17, 15) is 14.9 Å². The Hall–Kier alpha value is -7.43. The van der Waals surface area contributed by atoms with Crippen molar-refractivity contribution >= 4 is 34.1 Å². The molecule has 61 heavy (non-hydrogen) atoms. The zero-order chi connectivity index (χ0) is 41.7. The number of hydrogen-bond donors (Lipinski definition) is 1. The summed E-state index contributed by atoms with van der Waals surface area (Å²) in [6.07, 6.45) is 10.2. The van der Waals surface area contributed by atoms with Crippen LogP contribution in [0.1, 0.15) is 92.5 Å². The number of nitriles is 1. The molecule has 0 amide bonds. The van der Waals surface area contributed by atoms with Crippen LogP contribution in [0.2, 0.25) is 0 Å². The van der Waals surface area contributed by atoms with Gasteiger partial charge in [-0.05, 0) is 103 Å². The zero-order valence-electron chi connectivity index (χ0n) is 33.5. The Labute approximate surface area is 353 Å². The number of aliphatic imine (C=N–C) groups is 1. The van der Waals surface area contributed by atoms with E-state index in [1.54, 1.807) is 72.8 Å². The maximum Gasteiger partial charge on any atom is 0.349 e. The standard InChI is InChI=1S/C51H42N4O6/c1-53-37-21-26-38(27-22-37)58-43-30-41(33-11-5-2-6-12-33)48(54-43)46(36-15-9-4-10-16-36)49-45(35-13-7-3-8-14-35)47(50(55-49)59-39-23-17-32(31-52)18-24-39)51(57)60-40-25-19-34-20-28-44(56)61-42(34)29-40/h4,9-10,15-30,33,35,54H,2-3,5-8,11-14H2/b49-46-. The van der Waals surface area contributed by atoms with Crippen molar-refractivity contribution in [3.63, 3.8) is 0 Å². The Morgan fingerprint density at radius 3 is 2.13 bits per heavy atom. The van der Waals surface area contributed by atoms with E-state index in [2.05, 4.69) is 34.1 Å². The number of nitrogens with one attached hydrogen (secondary N) is 1. The van der Waals surface area contributed by atoms with Crippen LogP contribution < -0.4 is 19.8 Å². The number of aromatic nitrogens is 1. The molecule has 3 aliphatic rings. The fourth-order valence-corrected chi connectivity index (χ4v) is 8.84. The van der Waals surface area contributed by atoms with Crippen molar-refractivity contribution in [2.75, 3.05) is 0 Å². The maximum atomic E-state index is 14.9. The first-order valence-electron chi connectivity index (χ1n) is 20.9. The van der Waals surface area contributed by atoms with Gasteiger partial charge in [-0.15, -0.1) is 0 Å². The van der Waals surface area contributed by atoms with Crippen molar-refractivity contribution < 1.29 is 23.4 Å². The Morgan fingerprint density at radius 1 is 0.770 bits per heavy atom. The molecule has 2 saturated carbocycles. The number of fused-ring (bicyclic) bond motifs is 1. The lowest BCUT2D eigenvalue weighted by atomic mass is 9.78. The lowest BCUT2D eigenvalue weighted by Crippen LogP contribution is -2.24. The summed E-state index contributed by atoms with van der Waals surface area (Å²) in [5, 5.41) is 10.2. The highest BCUT2D eigenvalue weighted by molar-refractivity contribution is 6.22. The van der Waals surface area contributed by atoms with Crippen LogP contribution in [-0.4, -0.2) is 16.9 Å². The second-order valence-electron chi connectivity index (χ2n) is 15.7. The SMILES string of the molecule is [C-]#[N+]c1ccc(Oc2cc(C3CCCCC3)c(/C(=C3\N=C(Oc4ccc(C#N)cc4)C(C(=O)Oc4ccc5ccc(=O)oc5c4)=C3C3CCCCC3)c3ccccc3)[nH]2)cc1. The second kappa shape index (κ2) is 17.4. The highest BCUT2D eigenvalue weighted by Crippen LogP contribution is 2.48. The van der Waals surface area contributed by atoms with Crippen molar-refractivity contribution in [2.45, 2.75) is 70.1 Å². The van der Waals surface area contributed by atoms with Crippen LogP contribution in [0.4, 0.5) is 5.69 Å². The molecule has 0 saturated heterocycles. The van der Waals surface area contributed by atoms with E-state index >= 15 is 0 Å². The fourth-order valence-electron chi connectivity index (χ4n) is 8.84. The van der Waals surface area contributed by atoms with Gasteiger partial charge in [0, 0.05) is 34.7 Å². The lowest BCUT2D eigenvalue weighted by molar-refractivity contribution is -0.129. The average molecular weight is 807 g/mol. The summed E-state index contributed by atoms with van der Waals surface area (Å²) in [5.41, 5.74) is 6.05. The zero-order valence-corrected chi connectivity index (χ0v) is 33.5. The molecule has 2 aliphatic carbocycles. The van der Waals surface area contributed by atoms with Gasteiger partial charge in [-0.2, -0.15) is 5.26 Å². The number of carbonyl (C=O) groups excluding carboxylic acids is 1. The topological polar surface area (TPSA) is 131 Å². The Morgan fingerprint density at radius 2 is 1.43 bits per heavy atom. The van der Waals surface area contributed by atoms with Crippen LogP contribution in [0.15, 0.2) is 146 Å². The summed E-state index contributed by atoms with van der Waals surface area (Å²) in [6, 6.07) is 36.1. The number of rotatable bonds is 9. The van der Waals surface area contributed by atoms with Crippen LogP contribution >= 0.6 is 0 Å². The normalized spacial score (nSPS) is 16.7. The van der Waals surface area contributed by atoms with Crippen molar-refractivity contribution in [2.24, 2.45) is 10.9 Å². The molecule has 0 spiro atoms. The summed E-state index contributed by atoms with van der Waals surface area (Å²) < 4.78 is 24.7. The quantitative estimate of drug-likeness (QED) is 0.0666. The smallest absolute Gasteiger partial charge is 0.349 e. The van der Waals surface area contributed by atoms with Crippen LogP contribution in [-0.2, 0) is 4.79 Å². The molecule has 1 aliphatic heterocycles. The fraction of sp³-hybridized carbons (Fsp3) is 0.235. The molecule has 10 nitrogen and oxygen atoms in total. The van der Waals surface area contributed by atoms with E-state index in [0.717, 1.165) is 85.8 Å². The number of ether oxygens (including phenoxy) is 3. The van der Waals surface area contributed by atoms with Gasteiger partial charge in [-0.25, -0.2) is 19.4 Å². The number of carbonyl (C=O) groups is 1. The maximum absolute atomic E-state index is 14.9. The molecule has 0 bridgehead atoms. The summed E-state index contributed by atoms with van der Waals surface area (Å²) >= 11 is 0. The van der Waals surface area contributed by atoms with Crippen molar-refractivity contribution in [3.05, 3.63) is 176 Å². The van der Waals surface area contributed by atoms with Crippen LogP contribution in [0.5, 0.6) is 23.1 Å². The highest BCUT2D eigenvalue weighted by Gasteiger charge is 2.40. The van der Waals surface area contributed by atoms with Gasteiger partial charge in [0.2, 0.25) is 5.90 Å². The summed E-state index contributed by atoms with van der Waals surface area (Å²) in [4.78, 5) is 39.6. The van der Waals surface area contributed by atoms with E-state index in [4.69, 9.17) is 30.2 Å². The molecule has 2 fully saturated rings. The third kappa shape index (κ3) is 8.39.